The Labute approximate surface area is 126 Å². The summed E-state index contributed by atoms with van der Waals surface area (Å²) < 4.78 is 2.12. The summed E-state index contributed by atoms with van der Waals surface area (Å²) in [6.45, 7) is 0.906. The number of carboxylic acids is 1. The number of para-hydroxylation sites is 1. The first-order valence-electron chi connectivity index (χ1n) is 6.88. The first-order chi connectivity index (χ1) is 10.2. The highest BCUT2D eigenvalue weighted by molar-refractivity contribution is 7.99. The lowest BCUT2D eigenvalue weighted by Crippen LogP contribution is -2.05. The molecule has 3 rings (SSSR count). The number of hydrogen-bond acceptors (Lipinski definition) is 5. The van der Waals surface area contributed by atoms with E-state index in [-0.39, 0.29) is 11.3 Å². The summed E-state index contributed by atoms with van der Waals surface area (Å²) >= 11 is 1.38. The molecule has 2 heterocycles. The summed E-state index contributed by atoms with van der Waals surface area (Å²) in [5, 5.41) is 18.4. The largest absolute Gasteiger partial charge is 0.478 e. The zero-order chi connectivity index (χ0) is 14.8. The Morgan fingerprint density at radius 2 is 2.14 bits per heavy atom. The number of nitrogens with two attached hydrogens (primary N) is 1. The van der Waals surface area contributed by atoms with Gasteiger partial charge in [-0.05, 0) is 36.7 Å². The highest BCUT2D eigenvalue weighted by atomic mass is 32.2. The third-order valence-electron chi connectivity index (χ3n) is 3.57. The predicted octanol–water partition coefficient (Wildman–Crippen LogP) is 2.44. The molecule has 2 aromatic rings. The topological polar surface area (TPSA) is 94.0 Å². The second-order valence-corrected chi connectivity index (χ2v) is 5.99. The highest BCUT2D eigenvalue weighted by Gasteiger charge is 2.18. The van der Waals surface area contributed by atoms with E-state index in [0.717, 1.165) is 36.8 Å². The van der Waals surface area contributed by atoms with Gasteiger partial charge in [0.25, 0.3) is 0 Å². The van der Waals surface area contributed by atoms with Gasteiger partial charge in [-0.3, -0.25) is 0 Å². The second-order valence-electron chi connectivity index (χ2n) is 4.99. The molecule has 3 N–H and O–H groups in total. The van der Waals surface area contributed by atoms with Gasteiger partial charge in [0, 0.05) is 17.9 Å². The molecule has 0 fully saturated rings. The highest BCUT2D eigenvalue weighted by Crippen LogP contribution is 2.34. The van der Waals surface area contributed by atoms with Crippen LogP contribution in [0.2, 0.25) is 0 Å². The molecule has 0 atom stereocenters. The van der Waals surface area contributed by atoms with E-state index < -0.39 is 5.97 Å². The van der Waals surface area contributed by atoms with E-state index >= 15 is 0 Å². The van der Waals surface area contributed by atoms with Crippen LogP contribution in [-0.4, -0.2) is 25.8 Å². The molecule has 0 aliphatic carbocycles. The minimum atomic E-state index is -1.02. The van der Waals surface area contributed by atoms with Gasteiger partial charge in [0.15, 0.2) is 5.16 Å². The van der Waals surface area contributed by atoms with Crippen molar-refractivity contribution in [1.29, 1.82) is 0 Å². The van der Waals surface area contributed by atoms with Crippen LogP contribution in [-0.2, 0) is 13.0 Å². The lowest BCUT2D eigenvalue weighted by molar-refractivity contribution is 0.0698. The number of nitrogens with zero attached hydrogens (tertiary/aromatic N) is 3. The standard InChI is InChI=1S/C14H16N4O2S/c15-12-9(13(19)20)5-4-6-10(12)21-14-17-16-11-7-2-1-3-8-18(11)14/h4-6H,1-3,7-8,15H2,(H,19,20). The lowest BCUT2D eigenvalue weighted by Gasteiger charge is -2.09. The third-order valence-corrected chi connectivity index (χ3v) is 4.63. The molecule has 0 saturated heterocycles. The molecule has 0 amide bonds. The maximum atomic E-state index is 11.1. The Kier molecular flexibility index (Phi) is 3.83. The number of anilines is 1. The van der Waals surface area contributed by atoms with Crippen molar-refractivity contribution in [3.8, 4) is 0 Å². The maximum absolute atomic E-state index is 11.1. The molecule has 0 radical (unpaired) electrons. The predicted molar refractivity (Wildman–Crippen MR) is 79.5 cm³/mol. The SMILES string of the molecule is Nc1c(Sc2nnc3n2CCCCC3)cccc1C(=O)O. The van der Waals surface area contributed by atoms with Gasteiger partial charge in [-0.25, -0.2) is 4.79 Å². The number of aromatic carboxylic acids is 1. The Morgan fingerprint density at radius 1 is 1.29 bits per heavy atom. The molecule has 0 saturated carbocycles. The second kappa shape index (κ2) is 5.77. The van der Waals surface area contributed by atoms with Crippen molar-refractivity contribution in [1.82, 2.24) is 14.8 Å². The number of rotatable bonds is 3. The van der Waals surface area contributed by atoms with Gasteiger partial charge in [-0.2, -0.15) is 0 Å². The van der Waals surface area contributed by atoms with E-state index in [2.05, 4.69) is 14.8 Å². The molecule has 1 aliphatic rings. The first kappa shape index (κ1) is 13.9. The van der Waals surface area contributed by atoms with Gasteiger partial charge in [0.05, 0.1) is 11.3 Å². The van der Waals surface area contributed by atoms with Crippen LogP contribution in [0.25, 0.3) is 0 Å². The van der Waals surface area contributed by atoms with Crippen molar-refractivity contribution < 1.29 is 9.90 Å². The van der Waals surface area contributed by atoms with Crippen LogP contribution in [0.4, 0.5) is 5.69 Å². The molecular weight excluding hydrogens is 288 g/mol. The lowest BCUT2D eigenvalue weighted by atomic mass is 10.2. The van der Waals surface area contributed by atoms with E-state index in [1.165, 1.54) is 24.2 Å². The van der Waals surface area contributed by atoms with Crippen LogP contribution in [0, 0.1) is 0 Å². The zero-order valence-electron chi connectivity index (χ0n) is 11.5. The van der Waals surface area contributed by atoms with Crippen molar-refractivity contribution in [2.75, 3.05) is 5.73 Å². The number of aryl methyl sites for hydroxylation is 1. The van der Waals surface area contributed by atoms with Gasteiger partial charge in [-0.1, -0.05) is 12.5 Å². The van der Waals surface area contributed by atoms with E-state index in [4.69, 9.17) is 10.8 Å². The summed E-state index contributed by atoms with van der Waals surface area (Å²) in [5.74, 6) is -0.0158. The molecule has 0 unspecified atom stereocenters. The Morgan fingerprint density at radius 3 is 2.95 bits per heavy atom. The summed E-state index contributed by atoms with van der Waals surface area (Å²) in [4.78, 5) is 11.8. The van der Waals surface area contributed by atoms with Crippen molar-refractivity contribution >= 4 is 23.4 Å². The normalized spacial score (nSPS) is 14.5. The summed E-state index contributed by atoms with van der Waals surface area (Å²) in [6.07, 6.45) is 4.39. The Bertz CT molecular complexity index is 684. The van der Waals surface area contributed by atoms with Gasteiger partial charge in [-0.15, -0.1) is 10.2 Å². The fourth-order valence-corrected chi connectivity index (χ4v) is 3.40. The molecule has 6 nitrogen and oxygen atoms in total. The fourth-order valence-electron chi connectivity index (χ4n) is 2.45. The van der Waals surface area contributed by atoms with Crippen LogP contribution in [0.3, 0.4) is 0 Å². The Balaban J connectivity index is 1.93. The van der Waals surface area contributed by atoms with Crippen LogP contribution >= 0.6 is 11.8 Å². The summed E-state index contributed by atoms with van der Waals surface area (Å²) in [6, 6.07) is 5.01. The third kappa shape index (κ3) is 2.73. The summed E-state index contributed by atoms with van der Waals surface area (Å²) in [5.41, 5.74) is 6.35. The van der Waals surface area contributed by atoms with Crippen molar-refractivity contribution in [3.05, 3.63) is 29.6 Å². The fraction of sp³-hybridized carbons (Fsp3) is 0.357. The summed E-state index contributed by atoms with van der Waals surface area (Å²) in [7, 11) is 0. The number of fused-ring (bicyclic) bond motifs is 1. The van der Waals surface area contributed by atoms with Crippen molar-refractivity contribution in [2.24, 2.45) is 0 Å². The molecular formula is C14H16N4O2S. The number of aromatic nitrogens is 3. The van der Waals surface area contributed by atoms with Gasteiger partial charge in [0.1, 0.15) is 5.82 Å². The number of hydrogen-bond donors (Lipinski definition) is 2. The van der Waals surface area contributed by atoms with E-state index in [9.17, 15) is 4.79 Å². The number of carbonyl (C=O) groups is 1. The van der Waals surface area contributed by atoms with E-state index in [0.29, 0.717) is 4.90 Å². The van der Waals surface area contributed by atoms with Crippen molar-refractivity contribution in [3.63, 3.8) is 0 Å². The number of carboxylic acid groups (broad SMARTS) is 1. The van der Waals surface area contributed by atoms with Gasteiger partial charge >= 0.3 is 5.97 Å². The van der Waals surface area contributed by atoms with E-state index in [1.54, 1.807) is 6.07 Å². The molecule has 0 spiro atoms. The van der Waals surface area contributed by atoms with Crippen LogP contribution < -0.4 is 5.73 Å². The maximum Gasteiger partial charge on any atom is 0.337 e. The van der Waals surface area contributed by atoms with Gasteiger partial charge < -0.3 is 15.4 Å². The minimum Gasteiger partial charge on any atom is -0.478 e. The molecule has 0 bridgehead atoms. The van der Waals surface area contributed by atoms with Crippen molar-refractivity contribution in [2.45, 2.75) is 42.3 Å². The Hall–Kier alpha value is -2.02. The smallest absolute Gasteiger partial charge is 0.337 e. The number of benzene rings is 1. The molecule has 7 heteroatoms. The molecule has 1 aromatic carbocycles. The molecule has 110 valence electrons. The van der Waals surface area contributed by atoms with Gasteiger partial charge in [0.2, 0.25) is 0 Å². The monoisotopic (exact) mass is 304 g/mol. The average Bonchev–Trinajstić information content (AvgIpc) is 2.69. The average molecular weight is 304 g/mol. The first-order valence-corrected chi connectivity index (χ1v) is 7.70. The molecule has 1 aromatic heterocycles. The van der Waals surface area contributed by atoms with Crippen LogP contribution in [0.1, 0.15) is 35.4 Å². The molecule has 21 heavy (non-hydrogen) atoms. The number of nitrogen functional groups attached to an aromatic ring is 1. The minimum absolute atomic E-state index is 0.121. The molecule has 1 aliphatic heterocycles. The quantitative estimate of drug-likeness (QED) is 0.846. The zero-order valence-corrected chi connectivity index (χ0v) is 12.3. The van der Waals surface area contributed by atoms with Crippen LogP contribution in [0.5, 0.6) is 0 Å². The van der Waals surface area contributed by atoms with E-state index in [1.807, 2.05) is 6.07 Å². The van der Waals surface area contributed by atoms with Crippen LogP contribution in [0.15, 0.2) is 28.3 Å².